The van der Waals surface area contributed by atoms with E-state index in [1.165, 1.54) is 0 Å². The summed E-state index contributed by atoms with van der Waals surface area (Å²) in [5.41, 5.74) is 2.81. The highest BCUT2D eigenvalue weighted by molar-refractivity contribution is 5.93. The lowest BCUT2D eigenvalue weighted by molar-refractivity contribution is -0.117. The van der Waals surface area contributed by atoms with E-state index in [9.17, 15) is 4.79 Å². The van der Waals surface area contributed by atoms with Crippen molar-refractivity contribution in [2.75, 3.05) is 25.5 Å². The Kier molecular flexibility index (Phi) is 5.76. The Morgan fingerprint density at radius 3 is 2.78 bits per heavy atom. The molecule has 1 aromatic carbocycles. The van der Waals surface area contributed by atoms with Crippen LogP contribution in [0.4, 0.5) is 5.69 Å². The van der Waals surface area contributed by atoms with E-state index < -0.39 is 0 Å². The summed E-state index contributed by atoms with van der Waals surface area (Å²) in [4.78, 5) is 14.2. The lowest BCUT2D eigenvalue weighted by atomic mass is 10.2. The molecule has 0 aliphatic carbocycles. The molecule has 23 heavy (non-hydrogen) atoms. The highest BCUT2D eigenvalue weighted by Gasteiger charge is 2.12. The minimum Gasteiger partial charge on any atom is -0.492 e. The van der Waals surface area contributed by atoms with Gasteiger partial charge < -0.3 is 10.1 Å². The normalized spacial score (nSPS) is 10.8. The first-order valence-corrected chi connectivity index (χ1v) is 7.69. The van der Waals surface area contributed by atoms with Crippen molar-refractivity contribution in [3.8, 4) is 5.75 Å². The molecular weight excluding hydrogens is 292 g/mol. The second-order valence-electron chi connectivity index (χ2n) is 5.56. The molecule has 0 saturated carbocycles. The smallest absolute Gasteiger partial charge is 0.238 e. The summed E-state index contributed by atoms with van der Waals surface area (Å²) in [6.07, 6.45) is 1.98. The van der Waals surface area contributed by atoms with Crippen molar-refractivity contribution < 1.29 is 9.53 Å². The number of nitrogens with one attached hydrogen (secondary N) is 1. The summed E-state index contributed by atoms with van der Waals surface area (Å²) in [6.45, 7) is 5.44. The molecule has 0 radical (unpaired) electrons. The number of carbonyl (C=O) groups excluding carboxylic acids is 1. The van der Waals surface area contributed by atoms with Crippen LogP contribution in [0.15, 0.2) is 30.5 Å². The monoisotopic (exact) mass is 316 g/mol. The molecule has 0 unspecified atom stereocenters. The van der Waals surface area contributed by atoms with E-state index in [4.69, 9.17) is 4.74 Å². The van der Waals surface area contributed by atoms with Crippen LogP contribution in [-0.2, 0) is 18.4 Å². The Morgan fingerprint density at radius 1 is 1.39 bits per heavy atom. The number of amides is 1. The molecule has 0 spiro atoms. The summed E-state index contributed by atoms with van der Waals surface area (Å²) in [7, 11) is 3.81. The third kappa shape index (κ3) is 4.82. The van der Waals surface area contributed by atoms with Gasteiger partial charge in [0.15, 0.2) is 0 Å². The molecule has 1 amide bonds. The van der Waals surface area contributed by atoms with Gasteiger partial charge in [-0.1, -0.05) is 12.1 Å². The molecule has 2 rings (SSSR count). The van der Waals surface area contributed by atoms with Gasteiger partial charge in [-0.25, -0.2) is 0 Å². The van der Waals surface area contributed by atoms with Crippen LogP contribution in [0.2, 0.25) is 0 Å². The zero-order valence-corrected chi connectivity index (χ0v) is 14.2. The predicted octanol–water partition coefficient (Wildman–Crippen LogP) is 2.20. The van der Waals surface area contributed by atoms with Gasteiger partial charge in [0.1, 0.15) is 5.75 Å². The van der Waals surface area contributed by atoms with Crippen molar-refractivity contribution in [3.63, 3.8) is 0 Å². The molecule has 124 valence electrons. The molecule has 6 nitrogen and oxygen atoms in total. The number of hydrogen-bond acceptors (Lipinski definition) is 4. The topological polar surface area (TPSA) is 59.4 Å². The number of aromatic nitrogens is 2. The van der Waals surface area contributed by atoms with Crippen molar-refractivity contribution in [2.24, 2.45) is 7.05 Å². The maximum Gasteiger partial charge on any atom is 0.238 e. The second kappa shape index (κ2) is 7.78. The van der Waals surface area contributed by atoms with Gasteiger partial charge >= 0.3 is 0 Å². The number of hydrogen-bond donors (Lipinski definition) is 1. The fourth-order valence-corrected chi connectivity index (χ4v) is 2.44. The predicted molar refractivity (Wildman–Crippen MR) is 90.5 cm³/mol. The highest BCUT2D eigenvalue weighted by atomic mass is 16.5. The van der Waals surface area contributed by atoms with Crippen LogP contribution in [0.5, 0.6) is 5.75 Å². The van der Waals surface area contributed by atoms with Gasteiger partial charge in [0.2, 0.25) is 5.91 Å². The van der Waals surface area contributed by atoms with E-state index in [0.29, 0.717) is 31.1 Å². The summed E-state index contributed by atoms with van der Waals surface area (Å²) >= 11 is 0. The number of rotatable bonds is 7. The standard InChI is InChI=1S/C17H24N4O2/c1-5-23-16-9-7-6-8-15(16)18-17(22)12-20(3)10-14-11-21(4)19-13(14)2/h6-9,11H,5,10,12H2,1-4H3,(H,18,22). The molecule has 0 saturated heterocycles. The highest BCUT2D eigenvalue weighted by Crippen LogP contribution is 2.23. The molecule has 1 heterocycles. The van der Waals surface area contributed by atoms with Gasteiger partial charge in [-0.05, 0) is 33.0 Å². The average molecular weight is 316 g/mol. The van der Waals surface area contributed by atoms with Gasteiger partial charge in [-0.2, -0.15) is 5.10 Å². The van der Waals surface area contributed by atoms with E-state index in [0.717, 1.165) is 11.3 Å². The number of nitrogens with zero attached hydrogens (tertiary/aromatic N) is 3. The summed E-state index contributed by atoms with van der Waals surface area (Å²) in [5.74, 6) is 0.621. The molecule has 1 N–H and O–H groups in total. The van der Waals surface area contributed by atoms with Crippen molar-refractivity contribution in [2.45, 2.75) is 20.4 Å². The minimum absolute atomic E-state index is 0.0683. The SMILES string of the molecule is CCOc1ccccc1NC(=O)CN(C)Cc1cn(C)nc1C. The van der Waals surface area contributed by atoms with Gasteiger partial charge in [-0.15, -0.1) is 0 Å². The number of benzene rings is 1. The van der Waals surface area contributed by atoms with Crippen molar-refractivity contribution >= 4 is 11.6 Å². The first kappa shape index (κ1) is 17.0. The molecule has 0 bridgehead atoms. The summed E-state index contributed by atoms with van der Waals surface area (Å²) < 4.78 is 7.31. The lowest BCUT2D eigenvalue weighted by Gasteiger charge is -2.17. The van der Waals surface area contributed by atoms with Crippen LogP contribution in [0.3, 0.4) is 0 Å². The number of anilines is 1. The number of likely N-dealkylation sites (N-methyl/N-ethyl adjacent to an activating group) is 1. The fourth-order valence-electron chi connectivity index (χ4n) is 2.44. The molecule has 0 fully saturated rings. The number of aryl methyl sites for hydroxylation is 2. The largest absolute Gasteiger partial charge is 0.492 e. The Balaban J connectivity index is 1.93. The molecule has 6 heteroatoms. The van der Waals surface area contributed by atoms with Crippen LogP contribution < -0.4 is 10.1 Å². The van der Waals surface area contributed by atoms with Crippen LogP contribution in [0, 0.1) is 6.92 Å². The Bertz CT molecular complexity index is 666. The van der Waals surface area contributed by atoms with Gasteiger partial charge in [0.05, 0.1) is 24.5 Å². The van der Waals surface area contributed by atoms with Crippen LogP contribution in [0.1, 0.15) is 18.2 Å². The van der Waals surface area contributed by atoms with Gasteiger partial charge in [0, 0.05) is 25.4 Å². The van der Waals surface area contributed by atoms with Crippen molar-refractivity contribution in [1.29, 1.82) is 0 Å². The van der Waals surface area contributed by atoms with Crippen LogP contribution in [0.25, 0.3) is 0 Å². The molecule has 0 aliphatic rings. The quantitative estimate of drug-likeness (QED) is 0.851. The number of carbonyl (C=O) groups is 1. The molecular formula is C17H24N4O2. The van der Waals surface area contributed by atoms with E-state index in [1.54, 1.807) is 4.68 Å². The first-order valence-electron chi connectivity index (χ1n) is 7.69. The van der Waals surface area contributed by atoms with Crippen LogP contribution in [-0.4, -0.2) is 40.8 Å². The zero-order chi connectivity index (χ0) is 16.8. The molecule has 1 aromatic heterocycles. The Morgan fingerprint density at radius 2 is 2.13 bits per heavy atom. The van der Waals surface area contributed by atoms with Gasteiger partial charge in [-0.3, -0.25) is 14.4 Å². The number of ether oxygens (including phenoxy) is 1. The third-order valence-corrected chi connectivity index (χ3v) is 3.43. The first-order chi connectivity index (χ1) is 11.0. The van der Waals surface area contributed by atoms with E-state index >= 15 is 0 Å². The maximum atomic E-state index is 12.2. The lowest BCUT2D eigenvalue weighted by Crippen LogP contribution is -2.30. The van der Waals surface area contributed by atoms with Crippen molar-refractivity contribution in [3.05, 3.63) is 41.7 Å². The maximum absolute atomic E-state index is 12.2. The van der Waals surface area contributed by atoms with Crippen molar-refractivity contribution in [1.82, 2.24) is 14.7 Å². The number of para-hydroxylation sites is 2. The molecule has 2 aromatic rings. The van der Waals surface area contributed by atoms with E-state index in [1.807, 2.05) is 63.3 Å². The average Bonchev–Trinajstić information content (AvgIpc) is 2.79. The molecule has 0 aliphatic heterocycles. The van der Waals surface area contributed by atoms with Gasteiger partial charge in [0.25, 0.3) is 0 Å². The Hall–Kier alpha value is -2.34. The van der Waals surface area contributed by atoms with Crippen LogP contribution >= 0.6 is 0 Å². The molecule has 0 atom stereocenters. The Labute approximate surface area is 137 Å². The third-order valence-electron chi connectivity index (χ3n) is 3.43. The van der Waals surface area contributed by atoms with E-state index in [2.05, 4.69) is 10.4 Å². The summed E-state index contributed by atoms with van der Waals surface area (Å²) in [6, 6.07) is 7.45. The second-order valence-corrected chi connectivity index (χ2v) is 5.56. The zero-order valence-electron chi connectivity index (χ0n) is 14.2. The fraction of sp³-hybridized carbons (Fsp3) is 0.412. The minimum atomic E-state index is -0.0683. The van der Waals surface area contributed by atoms with E-state index in [-0.39, 0.29) is 5.91 Å². The summed E-state index contributed by atoms with van der Waals surface area (Å²) in [5, 5.41) is 7.22.